The molecule has 0 aliphatic heterocycles. The first-order chi connectivity index (χ1) is 5.27. The monoisotopic (exact) mass is 278 g/mol. The molecule has 0 N–H and O–H groups in total. The topological polar surface area (TPSA) is 9.23 Å². The summed E-state index contributed by atoms with van der Waals surface area (Å²) in [6, 6.07) is 5.98. The van der Waals surface area contributed by atoms with Crippen molar-refractivity contribution >= 4 is 31.9 Å². The zero-order valence-corrected chi connectivity index (χ0v) is 9.28. The molecule has 0 atom stereocenters. The van der Waals surface area contributed by atoms with Crippen LogP contribution in [0.3, 0.4) is 0 Å². The highest BCUT2D eigenvalue weighted by atomic mass is 79.9. The zero-order chi connectivity index (χ0) is 8.27. The summed E-state index contributed by atoms with van der Waals surface area (Å²) in [6.07, 6.45) is 0. The van der Waals surface area contributed by atoms with Crippen LogP contribution in [-0.2, 0) is 5.33 Å². The van der Waals surface area contributed by atoms with Gasteiger partial charge in [-0.2, -0.15) is 0 Å². The molecule has 0 unspecified atom stereocenters. The van der Waals surface area contributed by atoms with E-state index in [-0.39, 0.29) is 0 Å². The van der Waals surface area contributed by atoms with Gasteiger partial charge in [-0.3, -0.25) is 0 Å². The van der Waals surface area contributed by atoms with Crippen molar-refractivity contribution in [2.45, 2.75) is 5.33 Å². The fourth-order valence-electron chi connectivity index (χ4n) is 0.829. The molecule has 60 valence electrons. The van der Waals surface area contributed by atoms with Crippen LogP contribution < -0.4 is 4.74 Å². The molecule has 1 aromatic rings. The average molecular weight is 280 g/mol. The molecular formula is C8H8Br2O. The van der Waals surface area contributed by atoms with Gasteiger partial charge in [-0.15, -0.1) is 0 Å². The lowest BCUT2D eigenvalue weighted by atomic mass is 10.2. The van der Waals surface area contributed by atoms with E-state index in [1.165, 1.54) is 0 Å². The largest absolute Gasteiger partial charge is 0.496 e. The maximum absolute atomic E-state index is 5.16. The van der Waals surface area contributed by atoms with Gasteiger partial charge in [-0.1, -0.05) is 37.9 Å². The van der Waals surface area contributed by atoms with E-state index >= 15 is 0 Å². The van der Waals surface area contributed by atoms with E-state index in [0.29, 0.717) is 0 Å². The maximum Gasteiger partial charge on any atom is 0.124 e. The lowest BCUT2D eigenvalue weighted by Gasteiger charge is -2.05. The highest BCUT2D eigenvalue weighted by Gasteiger charge is 2.00. The van der Waals surface area contributed by atoms with Crippen molar-refractivity contribution in [1.29, 1.82) is 0 Å². The number of methoxy groups -OCH3 is 1. The molecule has 0 aliphatic rings. The Morgan fingerprint density at radius 3 is 2.73 bits per heavy atom. The third-order valence-corrected chi connectivity index (χ3v) is 2.49. The minimum Gasteiger partial charge on any atom is -0.496 e. The molecule has 0 bridgehead atoms. The van der Waals surface area contributed by atoms with Crippen LogP contribution in [0.15, 0.2) is 22.7 Å². The summed E-state index contributed by atoms with van der Waals surface area (Å²) in [7, 11) is 1.67. The van der Waals surface area contributed by atoms with Crippen molar-refractivity contribution in [2.24, 2.45) is 0 Å². The van der Waals surface area contributed by atoms with Crippen molar-refractivity contribution in [3.63, 3.8) is 0 Å². The molecule has 0 heterocycles. The van der Waals surface area contributed by atoms with Gasteiger partial charge in [0.1, 0.15) is 5.75 Å². The van der Waals surface area contributed by atoms with Crippen molar-refractivity contribution in [1.82, 2.24) is 0 Å². The number of rotatable bonds is 2. The van der Waals surface area contributed by atoms with E-state index in [4.69, 9.17) is 4.74 Å². The Bertz CT molecular complexity index is 248. The molecule has 0 aromatic heterocycles. The summed E-state index contributed by atoms with van der Waals surface area (Å²) in [5.41, 5.74) is 1.16. The van der Waals surface area contributed by atoms with Crippen LogP contribution in [0.5, 0.6) is 5.75 Å². The standard InChI is InChI=1S/C8H8Br2O/c1-11-8-4-7(10)3-2-6(8)5-9/h2-4H,5H2,1H3. The first kappa shape index (κ1) is 9.07. The smallest absolute Gasteiger partial charge is 0.124 e. The van der Waals surface area contributed by atoms with E-state index in [1.54, 1.807) is 7.11 Å². The van der Waals surface area contributed by atoms with Gasteiger partial charge in [0.25, 0.3) is 0 Å². The Kier molecular flexibility index (Phi) is 3.40. The molecule has 0 saturated heterocycles. The molecule has 3 heteroatoms. The zero-order valence-electron chi connectivity index (χ0n) is 6.10. The van der Waals surface area contributed by atoms with Gasteiger partial charge in [-0.05, 0) is 12.1 Å². The lowest BCUT2D eigenvalue weighted by molar-refractivity contribution is 0.411. The Morgan fingerprint density at radius 2 is 2.18 bits per heavy atom. The van der Waals surface area contributed by atoms with E-state index in [9.17, 15) is 0 Å². The minimum absolute atomic E-state index is 0.823. The number of hydrogen-bond donors (Lipinski definition) is 0. The van der Waals surface area contributed by atoms with Crippen LogP contribution >= 0.6 is 31.9 Å². The van der Waals surface area contributed by atoms with Gasteiger partial charge < -0.3 is 4.74 Å². The van der Waals surface area contributed by atoms with E-state index < -0.39 is 0 Å². The Labute approximate surface area is 83.0 Å². The highest BCUT2D eigenvalue weighted by Crippen LogP contribution is 2.24. The molecule has 0 aliphatic carbocycles. The van der Waals surface area contributed by atoms with Gasteiger partial charge in [0.05, 0.1) is 7.11 Å². The number of alkyl halides is 1. The van der Waals surface area contributed by atoms with Crippen LogP contribution in [0, 0.1) is 0 Å². The average Bonchev–Trinajstić information content (AvgIpc) is 2.04. The first-order valence-electron chi connectivity index (χ1n) is 3.16. The Hall–Kier alpha value is -0.0200. The molecule has 0 fully saturated rings. The maximum atomic E-state index is 5.16. The number of ether oxygens (including phenoxy) is 1. The molecule has 1 aromatic carbocycles. The van der Waals surface area contributed by atoms with E-state index in [1.807, 2.05) is 18.2 Å². The number of hydrogen-bond acceptors (Lipinski definition) is 1. The normalized spacial score (nSPS) is 9.73. The van der Waals surface area contributed by atoms with Gasteiger partial charge in [0, 0.05) is 15.4 Å². The van der Waals surface area contributed by atoms with Crippen molar-refractivity contribution in [2.75, 3.05) is 7.11 Å². The first-order valence-corrected chi connectivity index (χ1v) is 5.07. The van der Waals surface area contributed by atoms with Crippen LogP contribution in [0.2, 0.25) is 0 Å². The van der Waals surface area contributed by atoms with Gasteiger partial charge in [0.2, 0.25) is 0 Å². The molecule has 0 saturated carbocycles. The van der Waals surface area contributed by atoms with E-state index in [0.717, 1.165) is 21.1 Å². The van der Waals surface area contributed by atoms with Crippen molar-refractivity contribution in [3.8, 4) is 5.75 Å². The summed E-state index contributed by atoms with van der Waals surface area (Å²) in [6.45, 7) is 0. The second kappa shape index (κ2) is 4.12. The van der Waals surface area contributed by atoms with Gasteiger partial charge in [-0.25, -0.2) is 0 Å². The summed E-state index contributed by atoms with van der Waals surface area (Å²) >= 11 is 6.75. The number of benzene rings is 1. The molecule has 0 radical (unpaired) electrons. The molecule has 0 amide bonds. The number of halogens is 2. The van der Waals surface area contributed by atoms with E-state index in [2.05, 4.69) is 31.9 Å². The van der Waals surface area contributed by atoms with Crippen molar-refractivity contribution in [3.05, 3.63) is 28.2 Å². The van der Waals surface area contributed by atoms with Crippen LogP contribution in [0.25, 0.3) is 0 Å². The molecule has 1 nitrogen and oxygen atoms in total. The Morgan fingerprint density at radius 1 is 1.45 bits per heavy atom. The third kappa shape index (κ3) is 2.20. The molecular weight excluding hydrogens is 272 g/mol. The second-order valence-corrected chi connectivity index (χ2v) is 3.57. The van der Waals surface area contributed by atoms with Gasteiger partial charge in [0.15, 0.2) is 0 Å². The van der Waals surface area contributed by atoms with Gasteiger partial charge >= 0.3 is 0 Å². The molecule has 11 heavy (non-hydrogen) atoms. The fraction of sp³-hybridized carbons (Fsp3) is 0.250. The van der Waals surface area contributed by atoms with Crippen LogP contribution in [0.1, 0.15) is 5.56 Å². The predicted octanol–water partition coefficient (Wildman–Crippen LogP) is 3.35. The van der Waals surface area contributed by atoms with Crippen LogP contribution in [0.4, 0.5) is 0 Å². The summed E-state index contributed by atoms with van der Waals surface area (Å²) in [5, 5.41) is 0.823. The summed E-state index contributed by atoms with van der Waals surface area (Å²) < 4.78 is 6.20. The lowest BCUT2D eigenvalue weighted by Crippen LogP contribution is -1.88. The fourth-order valence-corrected chi connectivity index (χ4v) is 1.63. The van der Waals surface area contributed by atoms with Crippen LogP contribution in [-0.4, -0.2) is 7.11 Å². The highest BCUT2D eigenvalue weighted by molar-refractivity contribution is 9.10. The SMILES string of the molecule is COc1cc(Br)ccc1CBr. The third-order valence-electron chi connectivity index (χ3n) is 1.39. The minimum atomic E-state index is 0.823. The summed E-state index contributed by atoms with van der Waals surface area (Å²) in [5.74, 6) is 0.913. The second-order valence-electron chi connectivity index (χ2n) is 2.09. The molecule has 1 rings (SSSR count). The summed E-state index contributed by atoms with van der Waals surface area (Å²) in [4.78, 5) is 0. The van der Waals surface area contributed by atoms with Crippen molar-refractivity contribution < 1.29 is 4.74 Å². The Balaban J connectivity index is 3.06. The predicted molar refractivity (Wildman–Crippen MR) is 53.3 cm³/mol. The quantitative estimate of drug-likeness (QED) is 0.755. The molecule has 0 spiro atoms.